The van der Waals surface area contributed by atoms with Crippen molar-refractivity contribution >= 4 is 17.2 Å². The molecule has 0 radical (unpaired) electrons. The van der Waals surface area contributed by atoms with Crippen molar-refractivity contribution in [3.63, 3.8) is 0 Å². The first-order valence-corrected chi connectivity index (χ1v) is 5.82. The molecule has 0 bridgehead atoms. The minimum atomic E-state index is -1.47. The van der Waals surface area contributed by atoms with E-state index >= 15 is 0 Å². The fourth-order valence-corrected chi connectivity index (χ4v) is 1.40. The molecule has 16 heavy (non-hydrogen) atoms. The average Bonchev–Trinajstić information content (AvgIpc) is 2.17. The van der Waals surface area contributed by atoms with Crippen LogP contribution in [0.3, 0.4) is 0 Å². The maximum absolute atomic E-state index is 13.2. The van der Waals surface area contributed by atoms with E-state index in [0.29, 0.717) is 0 Å². The Hall–Kier alpha value is -1.10. The first kappa shape index (κ1) is 13.0. The molecule has 88 valence electrons. The number of halogens is 2. The highest BCUT2D eigenvalue weighted by Gasteiger charge is 2.18. The van der Waals surface area contributed by atoms with Gasteiger partial charge < -0.3 is 0 Å². The van der Waals surface area contributed by atoms with Gasteiger partial charge in [-0.15, -0.1) is 0 Å². The van der Waals surface area contributed by atoms with Crippen molar-refractivity contribution in [2.45, 2.75) is 25.5 Å². The smallest absolute Gasteiger partial charge is 0.144 e. The molecule has 0 saturated heterocycles. The second-order valence-corrected chi connectivity index (χ2v) is 6.20. The van der Waals surface area contributed by atoms with Crippen LogP contribution in [0.5, 0.6) is 0 Å². The number of hydrogen-bond acceptors (Lipinski definition) is 1. The Bertz CT molecular complexity index is 438. The van der Waals surface area contributed by atoms with Gasteiger partial charge in [0.1, 0.15) is 22.6 Å². The summed E-state index contributed by atoms with van der Waals surface area (Å²) in [7, 11) is -1.47. The van der Waals surface area contributed by atoms with Crippen molar-refractivity contribution in [3.8, 4) is 0 Å². The first-order valence-electron chi connectivity index (χ1n) is 4.72. The van der Waals surface area contributed by atoms with Crippen LogP contribution in [0.4, 0.5) is 8.78 Å². The number of benzene rings is 1. The van der Waals surface area contributed by atoms with E-state index in [1.54, 1.807) is 20.8 Å². The van der Waals surface area contributed by atoms with Crippen LogP contribution < -0.4 is 0 Å². The molecule has 0 aromatic heterocycles. The number of rotatable bonds is 2. The Morgan fingerprint density at radius 2 is 1.94 bits per heavy atom. The molecule has 0 spiro atoms. The first-order chi connectivity index (χ1) is 7.30. The van der Waals surface area contributed by atoms with Crippen molar-refractivity contribution in [2.24, 2.45) is 4.40 Å². The highest BCUT2D eigenvalue weighted by molar-refractivity contribution is 7.85. The van der Waals surface area contributed by atoms with Gasteiger partial charge in [-0.2, -0.15) is 4.40 Å². The van der Waals surface area contributed by atoms with Gasteiger partial charge in [0, 0.05) is 11.8 Å². The van der Waals surface area contributed by atoms with Gasteiger partial charge >= 0.3 is 0 Å². The monoisotopic (exact) mass is 245 g/mol. The van der Waals surface area contributed by atoms with Crippen LogP contribution in [0, 0.1) is 11.6 Å². The molecule has 1 unspecified atom stereocenters. The van der Waals surface area contributed by atoms with E-state index in [2.05, 4.69) is 4.40 Å². The van der Waals surface area contributed by atoms with Crippen LogP contribution in [-0.4, -0.2) is 15.2 Å². The third kappa shape index (κ3) is 3.48. The SMILES string of the molecule is CC(C)(C)S(=O)N=Cc1cc(F)ccc1F. The third-order valence-electron chi connectivity index (χ3n) is 1.77. The molecule has 0 aliphatic carbocycles. The molecule has 0 heterocycles. The molecular formula is C11H13F2NOS. The minimum Gasteiger partial charge on any atom is -0.234 e. The van der Waals surface area contributed by atoms with Gasteiger partial charge in [0.2, 0.25) is 0 Å². The summed E-state index contributed by atoms with van der Waals surface area (Å²) in [4.78, 5) is 0. The second kappa shape index (κ2) is 4.82. The van der Waals surface area contributed by atoms with Gasteiger partial charge in [-0.3, -0.25) is 0 Å². The van der Waals surface area contributed by atoms with E-state index in [4.69, 9.17) is 0 Å². The summed E-state index contributed by atoms with van der Waals surface area (Å²) < 4.78 is 40.7. The van der Waals surface area contributed by atoms with E-state index in [1.807, 2.05) is 0 Å². The van der Waals surface area contributed by atoms with Gasteiger partial charge in [-0.05, 0) is 39.0 Å². The van der Waals surface area contributed by atoms with Crippen LogP contribution in [0.2, 0.25) is 0 Å². The van der Waals surface area contributed by atoms with E-state index < -0.39 is 27.4 Å². The topological polar surface area (TPSA) is 29.4 Å². The van der Waals surface area contributed by atoms with Crippen molar-refractivity contribution in [1.29, 1.82) is 0 Å². The molecule has 0 aliphatic rings. The fraction of sp³-hybridized carbons (Fsp3) is 0.364. The van der Waals surface area contributed by atoms with Crippen LogP contribution >= 0.6 is 0 Å². The average molecular weight is 245 g/mol. The molecule has 1 atom stereocenters. The summed E-state index contributed by atoms with van der Waals surface area (Å²) in [6, 6.07) is 3.04. The third-order valence-corrected chi connectivity index (χ3v) is 3.11. The van der Waals surface area contributed by atoms with Crippen molar-refractivity contribution in [3.05, 3.63) is 35.4 Å². The molecule has 0 N–H and O–H groups in total. The van der Waals surface area contributed by atoms with Gasteiger partial charge in [0.15, 0.2) is 0 Å². The Labute approximate surface area is 96.0 Å². The normalized spacial score (nSPS) is 14.3. The minimum absolute atomic E-state index is 0.00222. The lowest BCUT2D eigenvalue weighted by atomic mass is 10.2. The van der Waals surface area contributed by atoms with Gasteiger partial charge in [0.25, 0.3) is 0 Å². The van der Waals surface area contributed by atoms with E-state index in [1.165, 1.54) is 0 Å². The molecule has 1 rings (SSSR count). The van der Waals surface area contributed by atoms with Crippen molar-refractivity contribution < 1.29 is 13.0 Å². The maximum Gasteiger partial charge on any atom is 0.144 e. The lowest BCUT2D eigenvalue weighted by Crippen LogP contribution is -2.19. The Balaban J connectivity index is 2.93. The van der Waals surface area contributed by atoms with E-state index in [-0.39, 0.29) is 5.56 Å². The molecule has 0 saturated carbocycles. The molecule has 1 aromatic carbocycles. The predicted octanol–water partition coefficient (Wildman–Crippen LogP) is 2.85. The van der Waals surface area contributed by atoms with E-state index in [0.717, 1.165) is 24.4 Å². The highest BCUT2D eigenvalue weighted by Crippen LogP contribution is 2.13. The van der Waals surface area contributed by atoms with Crippen LogP contribution in [0.1, 0.15) is 26.3 Å². The summed E-state index contributed by atoms with van der Waals surface area (Å²) >= 11 is 0. The van der Waals surface area contributed by atoms with Crippen molar-refractivity contribution in [2.75, 3.05) is 0 Å². The second-order valence-electron chi connectivity index (χ2n) is 4.26. The zero-order chi connectivity index (χ0) is 12.3. The molecule has 0 fully saturated rings. The zero-order valence-electron chi connectivity index (χ0n) is 9.33. The lowest BCUT2D eigenvalue weighted by Gasteiger charge is -2.12. The highest BCUT2D eigenvalue weighted by atomic mass is 32.2. The summed E-state index contributed by atoms with van der Waals surface area (Å²) in [5.74, 6) is -1.14. The standard InChI is InChI=1S/C11H13F2NOS/c1-11(2,3)16(15)14-7-8-6-9(12)4-5-10(8)13/h4-7H,1-3H3. The fourth-order valence-electron chi connectivity index (χ4n) is 0.876. The summed E-state index contributed by atoms with van der Waals surface area (Å²) in [5, 5.41) is 0. The zero-order valence-corrected chi connectivity index (χ0v) is 10.1. The molecule has 1 aromatic rings. The molecule has 0 amide bonds. The Kier molecular flexibility index (Phi) is 3.91. The summed E-state index contributed by atoms with van der Waals surface area (Å²) in [5.41, 5.74) is -0.00222. The quantitative estimate of drug-likeness (QED) is 0.737. The van der Waals surface area contributed by atoms with E-state index in [9.17, 15) is 13.0 Å². The molecule has 5 heteroatoms. The number of hydrogen-bond donors (Lipinski definition) is 0. The largest absolute Gasteiger partial charge is 0.234 e. The van der Waals surface area contributed by atoms with Gasteiger partial charge in [-0.25, -0.2) is 13.0 Å². The molecule has 0 aliphatic heterocycles. The predicted molar refractivity (Wildman–Crippen MR) is 61.8 cm³/mol. The maximum atomic E-state index is 13.2. The Morgan fingerprint density at radius 3 is 2.50 bits per heavy atom. The summed E-state index contributed by atoms with van der Waals surface area (Å²) in [6.45, 7) is 5.26. The molecular weight excluding hydrogens is 232 g/mol. The van der Waals surface area contributed by atoms with Crippen molar-refractivity contribution in [1.82, 2.24) is 0 Å². The van der Waals surface area contributed by atoms with Crippen LogP contribution in [0.25, 0.3) is 0 Å². The van der Waals surface area contributed by atoms with Gasteiger partial charge in [-0.1, -0.05) is 0 Å². The Morgan fingerprint density at radius 1 is 1.31 bits per heavy atom. The van der Waals surface area contributed by atoms with Gasteiger partial charge in [0.05, 0.1) is 4.75 Å². The lowest BCUT2D eigenvalue weighted by molar-refractivity contribution is 0.598. The number of nitrogens with zero attached hydrogens (tertiary/aromatic N) is 1. The van der Waals surface area contributed by atoms with Crippen LogP contribution in [-0.2, 0) is 11.0 Å². The van der Waals surface area contributed by atoms with Crippen LogP contribution in [0.15, 0.2) is 22.6 Å². The summed E-state index contributed by atoms with van der Waals surface area (Å²) in [6.07, 6.45) is 1.10. The molecule has 2 nitrogen and oxygen atoms in total.